The van der Waals surface area contributed by atoms with Crippen molar-refractivity contribution in [2.75, 3.05) is 0 Å². The minimum absolute atomic E-state index is 0.0461. The lowest BCUT2D eigenvalue weighted by Crippen LogP contribution is -2.03. The zero-order valence-corrected chi connectivity index (χ0v) is 16.3. The molecule has 138 valence electrons. The molecule has 2 aromatic carbocycles. The Morgan fingerprint density at radius 1 is 1.19 bits per heavy atom. The van der Waals surface area contributed by atoms with E-state index in [9.17, 15) is 9.90 Å². The molecular weight excluding hydrogens is 383 g/mol. The molecule has 4 rings (SSSR count). The molecule has 4 nitrogen and oxygen atoms in total. The molecule has 0 atom stereocenters. The SMILES string of the molecule is CCc1c(C(=O)O)nn(-c2ccc(Cl)cc2Cl)c1-c1ccc(C2CC2)cc1. The summed E-state index contributed by atoms with van der Waals surface area (Å²) in [5.41, 5.74) is 4.33. The van der Waals surface area contributed by atoms with Gasteiger partial charge in [0.1, 0.15) is 0 Å². The van der Waals surface area contributed by atoms with Crippen LogP contribution < -0.4 is 0 Å². The second-order valence-electron chi connectivity index (χ2n) is 6.74. The van der Waals surface area contributed by atoms with Crippen LogP contribution in [0.4, 0.5) is 0 Å². The second kappa shape index (κ2) is 7.02. The first kappa shape index (κ1) is 18.1. The maximum Gasteiger partial charge on any atom is 0.356 e. The summed E-state index contributed by atoms with van der Waals surface area (Å²) in [7, 11) is 0. The fraction of sp³-hybridized carbons (Fsp3) is 0.238. The van der Waals surface area contributed by atoms with Gasteiger partial charge in [0, 0.05) is 16.1 Å². The molecule has 0 radical (unpaired) electrons. The van der Waals surface area contributed by atoms with E-state index in [4.69, 9.17) is 23.2 Å². The zero-order valence-electron chi connectivity index (χ0n) is 14.7. The van der Waals surface area contributed by atoms with E-state index in [1.165, 1.54) is 18.4 Å². The summed E-state index contributed by atoms with van der Waals surface area (Å²) in [4.78, 5) is 11.8. The number of aromatic nitrogens is 2. The molecule has 0 spiro atoms. The maximum absolute atomic E-state index is 11.8. The van der Waals surface area contributed by atoms with Gasteiger partial charge in [-0.15, -0.1) is 0 Å². The summed E-state index contributed by atoms with van der Waals surface area (Å²) in [6.07, 6.45) is 3.02. The Bertz CT molecular complexity index is 1020. The van der Waals surface area contributed by atoms with Crippen molar-refractivity contribution in [3.8, 4) is 16.9 Å². The van der Waals surface area contributed by atoms with Crippen LogP contribution in [0.2, 0.25) is 10.0 Å². The molecule has 3 aromatic rings. The highest BCUT2D eigenvalue weighted by Gasteiger charge is 2.26. The van der Waals surface area contributed by atoms with Crippen LogP contribution in [0.15, 0.2) is 42.5 Å². The van der Waals surface area contributed by atoms with E-state index in [0.717, 1.165) is 11.3 Å². The van der Waals surface area contributed by atoms with Gasteiger partial charge in [0.05, 0.1) is 16.4 Å². The minimum Gasteiger partial charge on any atom is -0.476 e. The molecule has 1 aliphatic carbocycles. The maximum atomic E-state index is 11.8. The molecule has 1 N–H and O–H groups in total. The van der Waals surface area contributed by atoms with Gasteiger partial charge in [-0.3, -0.25) is 0 Å². The Labute approximate surface area is 167 Å². The Kier molecular flexibility index (Phi) is 4.70. The van der Waals surface area contributed by atoms with Crippen molar-refractivity contribution in [3.05, 3.63) is 69.3 Å². The summed E-state index contributed by atoms with van der Waals surface area (Å²) >= 11 is 12.4. The fourth-order valence-electron chi connectivity index (χ4n) is 3.41. The van der Waals surface area contributed by atoms with Crippen molar-refractivity contribution >= 4 is 29.2 Å². The predicted molar refractivity (Wildman–Crippen MR) is 107 cm³/mol. The van der Waals surface area contributed by atoms with Crippen molar-refractivity contribution in [3.63, 3.8) is 0 Å². The Morgan fingerprint density at radius 2 is 1.89 bits per heavy atom. The number of nitrogens with zero attached hydrogens (tertiary/aromatic N) is 2. The highest BCUT2D eigenvalue weighted by atomic mass is 35.5. The van der Waals surface area contributed by atoms with Gasteiger partial charge in [0.2, 0.25) is 0 Å². The van der Waals surface area contributed by atoms with Crippen LogP contribution >= 0.6 is 23.2 Å². The molecule has 0 amide bonds. The fourth-order valence-corrected chi connectivity index (χ4v) is 3.90. The predicted octanol–water partition coefficient (Wildman–Crippen LogP) is 5.98. The number of aromatic carboxylic acids is 1. The van der Waals surface area contributed by atoms with E-state index in [-0.39, 0.29) is 5.69 Å². The summed E-state index contributed by atoms with van der Waals surface area (Å²) in [6.45, 7) is 1.93. The molecule has 1 aromatic heterocycles. The number of hydrogen-bond acceptors (Lipinski definition) is 2. The summed E-state index contributed by atoms with van der Waals surface area (Å²) in [5, 5.41) is 14.9. The third-order valence-corrected chi connectivity index (χ3v) is 5.45. The van der Waals surface area contributed by atoms with E-state index < -0.39 is 5.97 Å². The average Bonchev–Trinajstić information content (AvgIpc) is 3.42. The van der Waals surface area contributed by atoms with E-state index in [1.54, 1.807) is 22.9 Å². The van der Waals surface area contributed by atoms with E-state index in [0.29, 0.717) is 33.6 Å². The summed E-state index contributed by atoms with van der Waals surface area (Å²) < 4.78 is 1.62. The van der Waals surface area contributed by atoms with Gasteiger partial charge in [-0.2, -0.15) is 5.10 Å². The Morgan fingerprint density at radius 3 is 2.44 bits per heavy atom. The molecule has 1 saturated carbocycles. The normalized spacial score (nSPS) is 13.7. The lowest BCUT2D eigenvalue weighted by molar-refractivity contribution is 0.0689. The number of benzene rings is 2. The quantitative estimate of drug-likeness (QED) is 0.572. The van der Waals surface area contributed by atoms with Crippen LogP contribution in [0.5, 0.6) is 0 Å². The number of hydrogen-bond donors (Lipinski definition) is 1. The molecule has 1 fully saturated rings. The van der Waals surface area contributed by atoms with Crippen LogP contribution in [0.25, 0.3) is 16.9 Å². The largest absolute Gasteiger partial charge is 0.476 e. The van der Waals surface area contributed by atoms with Gasteiger partial charge in [0.15, 0.2) is 5.69 Å². The summed E-state index contributed by atoms with van der Waals surface area (Å²) in [5.74, 6) is -0.388. The molecule has 6 heteroatoms. The highest BCUT2D eigenvalue weighted by molar-refractivity contribution is 6.35. The molecule has 0 bridgehead atoms. The lowest BCUT2D eigenvalue weighted by atomic mass is 10.0. The molecule has 1 heterocycles. The minimum atomic E-state index is -1.05. The lowest BCUT2D eigenvalue weighted by Gasteiger charge is -2.12. The number of rotatable bonds is 5. The number of halogens is 2. The van der Waals surface area contributed by atoms with Crippen LogP contribution in [-0.4, -0.2) is 20.9 Å². The topological polar surface area (TPSA) is 55.1 Å². The number of carboxylic acids is 1. The first-order valence-corrected chi connectivity index (χ1v) is 9.66. The van der Waals surface area contributed by atoms with Crippen LogP contribution in [-0.2, 0) is 6.42 Å². The second-order valence-corrected chi connectivity index (χ2v) is 7.58. The number of carbonyl (C=O) groups is 1. The summed E-state index contributed by atoms with van der Waals surface area (Å²) in [6, 6.07) is 13.4. The van der Waals surface area contributed by atoms with Gasteiger partial charge in [-0.05, 0) is 48.9 Å². The third-order valence-electron chi connectivity index (χ3n) is 4.91. The van der Waals surface area contributed by atoms with Gasteiger partial charge in [0.25, 0.3) is 0 Å². The van der Waals surface area contributed by atoms with E-state index in [2.05, 4.69) is 17.2 Å². The number of carboxylic acid groups (broad SMARTS) is 1. The van der Waals surface area contributed by atoms with E-state index >= 15 is 0 Å². The van der Waals surface area contributed by atoms with Crippen LogP contribution in [0.3, 0.4) is 0 Å². The molecule has 1 aliphatic rings. The first-order chi connectivity index (χ1) is 13.0. The highest BCUT2D eigenvalue weighted by Crippen LogP contribution is 2.41. The average molecular weight is 401 g/mol. The van der Waals surface area contributed by atoms with E-state index in [1.807, 2.05) is 19.1 Å². The first-order valence-electron chi connectivity index (χ1n) is 8.90. The van der Waals surface area contributed by atoms with Gasteiger partial charge < -0.3 is 5.11 Å². The molecular formula is C21H18Cl2N2O2. The van der Waals surface area contributed by atoms with Crippen molar-refractivity contribution in [2.24, 2.45) is 0 Å². The monoisotopic (exact) mass is 400 g/mol. The van der Waals surface area contributed by atoms with Gasteiger partial charge in [-0.1, -0.05) is 54.4 Å². The molecule has 27 heavy (non-hydrogen) atoms. The third kappa shape index (κ3) is 3.35. The Balaban J connectivity index is 1.93. The molecule has 0 aliphatic heterocycles. The molecule has 0 unspecified atom stereocenters. The van der Waals surface area contributed by atoms with Gasteiger partial charge >= 0.3 is 5.97 Å². The Hall–Kier alpha value is -2.30. The smallest absolute Gasteiger partial charge is 0.356 e. The van der Waals surface area contributed by atoms with Crippen LogP contribution in [0, 0.1) is 0 Å². The van der Waals surface area contributed by atoms with Crippen molar-refractivity contribution in [2.45, 2.75) is 32.1 Å². The van der Waals surface area contributed by atoms with Gasteiger partial charge in [-0.25, -0.2) is 9.48 Å². The standard InChI is InChI=1S/C21H18Cl2N2O2/c1-2-16-19(21(26)27)24-25(18-10-9-15(22)11-17(18)23)20(16)14-7-5-13(6-8-14)12-3-4-12/h5-12H,2-4H2,1H3,(H,26,27). The van der Waals surface area contributed by atoms with Crippen molar-refractivity contribution < 1.29 is 9.90 Å². The van der Waals surface area contributed by atoms with Crippen molar-refractivity contribution in [1.29, 1.82) is 0 Å². The zero-order chi connectivity index (χ0) is 19.1. The molecule has 0 saturated heterocycles. The van der Waals surface area contributed by atoms with Crippen molar-refractivity contribution in [1.82, 2.24) is 9.78 Å². The van der Waals surface area contributed by atoms with Crippen LogP contribution in [0.1, 0.15) is 47.3 Å².